The second-order valence-electron chi connectivity index (χ2n) is 3.44. The summed E-state index contributed by atoms with van der Waals surface area (Å²) in [5, 5.41) is 9.28. The van der Waals surface area contributed by atoms with Gasteiger partial charge in [-0.2, -0.15) is 0 Å². The molecule has 0 radical (unpaired) electrons. The van der Waals surface area contributed by atoms with E-state index in [1.807, 2.05) is 0 Å². The molecule has 1 N–H and O–H groups in total. The van der Waals surface area contributed by atoms with Crippen molar-refractivity contribution in [3.05, 3.63) is 29.3 Å². The van der Waals surface area contributed by atoms with Crippen molar-refractivity contribution in [3.63, 3.8) is 0 Å². The number of esters is 1. The van der Waals surface area contributed by atoms with Crippen LogP contribution >= 0.6 is 0 Å². The molecule has 0 aromatic heterocycles. The number of phenols is 1. The fourth-order valence-electron chi connectivity index (χ4n) is 1.39. The molecule has 0 saturated heterocycles. The minimum Gasteiger partial charge on any atom is -0.507 e. The van der Waals surface area contributed by atoms with E-state index in [9.17, 15) is 14.7 Å². The van der Waals surface area contributed by atoms with E-state index in [4.69, 9.17) is 0 Å². The molecule has 1 rings (SSSR count). The van der Waals surface area contributed by atoms with Gasteiger partial charge in [0.2, 0.25) is 0 Å². The van der Waals surface area contributed by atoms with Crippen molar-refractivity contribution in [2.45, 2.75) is 19.3 Å². The molecule has 0 unspecified atom stereocenters. The van der Waals surface area contributed by atoms with Gasteiger partial charge in [-0.3, -0.25) is 9.59 Å². The van der Waals surface area contributed by atoms with Crippen molar-refractivity contribution in [3.8, 4) is 5.75 Å². The predicted octanol–water partition coefficient (Wildman–Crippen LogP) is 1.70. The molecule has 0 aliphatic carbocycles. The first-order valence-corrected chi connectivity index (χ1v) is 5.01. The summed E-state index contributed by atoms with van der Waals surface area (Å²) in [6.45, 7) is 0. The first-order chi connectivity index (χ1) is 7.67. The Labute approximate surface area is 93.9 Å². The van der Waals surface area contributed by atoms with Gasteiger partial charge in [0.15, 0.2) is 6.29 Å². The van der Waals surface area contributed by atoms with Crippen LogP contribution in [0.15, 0.2) is 18.2 Å². The van der Waals surface area contributed by atoms with E-state index in [0.29, 0.717) is 25.5 Å². The smallest absolute Gasteiger partial charge is 0.305 e. The van der Waals surface area contributed by atoms with E-state index in [1.54, 1.807) is 12.1 Å². The fraction of sp³-hybridized carbons (Fsp3) is 0.333. The summed E-state index contributed by atoms with van der Waals surface area (Å²) in [4.78, 5) is 21.4. The number of methoxy groups -OCH3 is 1. The maximum atomic E-state index is 10.9. The zero-order valence-electron chi connectivity index (χ0n) is 9.10. The molecule has 16 heavy (non-hydrogen) atoms. The Hall–Kier alpha value is -1.84. The Morgan fingerprint density at radius 3 is 2.88 bits per heavy atom. The average Bonchev–Trinajstić information content (AvgIpc) is 2.31. The lowest BCUT2D eigenvalue weighted by atomic mass is 10.1. The molecule has 1 aromatic rings. The molecule has 4 nitrogen and oxygen atoms in total. The Bertz CT molecular complexity index is 385. The highest BCUT2D eigenvalue weighted by molar-refractivity contribution is 5.79. The van der Waals surface area contributed by atoms with Crippen LogP contribution in [-0.4, -0.2) is 24.5 Å². The second-order valence-corrected chi connectivity index (χ2v) is 3.44. The monoisotopic (exact) mass is 222 g/mol. The highest BCUT2D eigenvalue weighted by Gasteiger charge is 2.03. The van der Waals surface area contributed by atoms with E-state index < -0.39 is 0 Å². The molecule has 0 aliphatic rings. The van der Waals surface area contributed by atoms with Gasteiger partial charge >= 0.3 is 5.97 Å². The van der Waals surface area contributed by atoms with Crippen LogP contribution in [0.2, 0.25) is 0 Å². The highest BCUT2D eigenvalue weighted by Crippen LogP contribution is 2.17. The lowest BCUT2D eigenvalue weighted by molar-refractivity contribution is -0.140. The second kappa shape index (κ2) is 5.90. The van der Waals surface area contributed by atoms with E-state index >= 15 is 0 Å². The van der Waals surface area contributed by atoms with Crippen molar-refractivity contribution >= 4 is 12.3 Å². The molecule has 0 heterocycles. The average molecular weight is 222 g/mol. The van der Waals surface area contributed by atoms with Crippen molar-refractivity contribution < 1.29 is 19.4 Å². The number of carbonyl (C=O) groups excluding carboxylic acids is 2. The largest absolute Gasteiger partial charge is 0.507 e. The van der Waals surface area contributed by atoms with Gasteiger partial charge < -0.3 is 9.84 Å². The summed E-state index contributed by atoms with van der Waals surface area (Å²) >= 11 is 0. The molecule has 0 fully saturated rings. The van der Waals surface area contributed by atoms with Crippen LogP contribution in [0.1, 0.15) is 28.8 Å². The number of hydrogen-bond acceptors (Lipinski definition) is 4. The van der Waals surface area contributed by atoms with Crippen LogP contribution in [0.5, 0.6) is 5.75 Å². The minimum atomic E-state index is -0.241. The number of aldehydes is 1. The molecule has 0 aliphatic heterocycles. The summed E-state index contributed by atoms with van der Waals surface area (Å²) in [5.41, 5.74) is 1.19. The maximum Gasteiger partial charge on any atom is 0.305 e. The molecule has 0 saturated carbocycles. The highest BCUT2D eigenvalue weighted by atomic mass is 16.5. The van der Waals surface area contributed by atoms with Gasteiger partial charge in [0.1, 0.15) is 5.75 Å². The fourth-order valence-corrected chi connectivity index (χ4v) is 1.39. The Kier molecular flexibility index (Phi) is 4.51. The Morgan fingerprint density at radius 1 is 1.50 bits per heavy atom. The standard InChI is InChI=1S/C12H14O4/c1-16-12(15)4-2-3-9-5-6-11(14)10(7-9)8-13/h5-8,14H,2-4H2,1H3. The van der Waals surface area contributed by atoms with E-state index in [2.05, 4.69) is 4.74 Å². The summed E-state index contributed by atoms with van der Waals surface area (Å²) in [6, 6.07) is 4.84. The lowest BCUT2D eigenvalue weighted by Crippen LogP contribution is -2.00. The van der Waals surface area contributed by atoms with Crippen molar-refractivity contribution in [1.82, 2.24) is 0 Å². The van der Waals surface area contributed by atoms with Gasteiger partial charge in [-0.15, -0.1) is 0 Å². The van der Waals surface area contributed by atoms with Gasteiger partial charge in [0, 0.05) is 6.42 Å². The zero-order valence-corrected chi connectivity index (χ0v) is 9.10. The normalized spacial score (nSPS) is 9.81. The predicted molar refractivity (Wildman–Crippen MR) is 58.4 cm³/mol. The van der Waals surface area contributed by atoms with Crippen LogP contribution in [-0.2, 0) is 16.0 Å². The summed E-state index contributed by atoms with van der Waals surface area (Å²) in [6.07, 6.45) is 2.30. The first kappa shape index (κ1) is 12.2. The number of ether oxygens (including phenoxy) is 1. The quantitative estimate of drug-likeness (QED) is 0.608. The molecule has 0 amide bonds. The van der Waals surface area contributed by atoms with Crippen molar-refractivity contribution in [2.75, 3.05) is 7.11 Å². The number of rotatable bonds is 5. The number of phenolic OH excluding ortho intramolecular Hbond substituents is 1. The van der Waals surface area contributed by atoms with Gasteiger partial charge in [0.25, 0.3) is 0 Å². The van der Waals surface area contributed by atoms with Crippen LogP contribution in [0, 0.1) is 0 Å². The van der Waals surface area contributed by atoms with Crippen LogP contribution in [0.4, 0.5) is 0 Å². The third kappa shape index (κ3) is 3.38. The van der Waals surface area contributed by atoms with Crippen molar-refractivity contribution in [1.29, 1.82) is 0 Å². The molecule has 0 spiro atoms. The van der Waals surface area contributed by atoms with Crippen LogP contribution in [0.25, 0.3) is 0 Å². The number of aromatic hydroxyl groups is 1. The number of benzene rings is 1. The Balaban J connectivity index is 2.54. The SMILES string of the molecule is COC(=O)CCCc1ccc(O)c(C=O)c1. The molecule has 0 atom stereocenters. The minimum absolute atomic E-state index is 0.0216. The molecule has 4 heteroatoms. The topological polar surface area (TPSA) is 63.6 Å². The van der Waals surface area contributed by atoms with Gasteiger partial charge in [-0.25, -0.2) is 0 Å². The number of aryl methyl sites for hydroxylation is 1. The molecule has 0 bridgehead atoms. The lowest BCUT2D eigenvalue weighted by Gasteiger charge is -2.03. The molecule has 1 aromatic carbocycles. The van der Waals surface area contributed by atoms with E-state index in [0.717, 1.165) is 5.56 Å². The summed E-state index contributed by atoms with van der Waals surface area (Å²) < 4.78 is 4.52. The van der Waals surface area contributed by atoms with Crippen LogP contribution in [0.3, 0.4) is 0 Å². The van der Waals surface area contributed by atoms with Gasteiger partial charge in [-0.05, 0) is 30.5 Å². The molecule has 86 valence electrons. The van der Waals surface area contributed by atoms with Gasteiger partial charge in [0.05, 0.1) is 12.7 Å². The van der Waals surface area contributed by atoms with E-state index in [-0.39, 0.29) is 17.3 Å². The van der Waals surface area contributed by atoms with Gasteiger partial charge in [-0.1, -0.05) is 6.07 Å². The Morgan fingerprint density at radius 2 is 2.25 bits per heavy atom. The zero-order chi connectivity index (χ0) is 12.0. The maximum absolute atomic E-state index is 10.9. The molecular weight excluding hydrogens is 208 g/mol. The number of carbonyl (C=O) groups is 2. The van der Waals surface area contributed by atoms with E-state index in [1.165, 1.54) is 13.2 Å². The molecular formula is C12H14O4. The summed E-state index contributed by atoms with van der Waals surface area (Å²) in [7, 11) is 1.35. The van der Waals surface area contributed by atoms with Crippen LogP contribution < -0.4 is 0 Å². The third-order valence-electron chi connectivity index (χ3n) is 2.29. The number of hydrogen-bond donors (Lipinski definition) is 1. The van der Waals surface area contributed by atoms with Crippen molar-refractivity contribution in [2.24, 2.45) is 0 Å². The first-order valence-electron chi connectivity index (χ1n) is 5.01. The third-order valence-corrected chi connectivity index (χ3v) is 2.29. The summed E-state index contributed by atoms with van der Waals surface area (Å²) in [5.74, 6) is -0.263.